The molecule has 0 bridgehead atoms. The molecule has 0 atom stereocenters. The van der Waals surface area contributed by atoms with Gasteiger partial charge in [-0.2, -0.15) is 0 Å². The van der Waals surface area contributed by atoms with Crippen LogP contribution in [0.1, 0.15) is 16.1 Å². The number of nitrogens with zero attached hydrogens (tertiary/aromatic N) is 1. The lowest BCUT2D eigenvalue weighted by Gasteiger charge is -2.02. The molecule has 7 heteroatoms. The minimum Gasteiger partial charge on any atom is -0.326 e. The number of thiazole rings is 1. The van der Waals surface area contributed by atoms with Crippen molar-refractivity contribution in [1.82, 2.24) is 0 Å². The number of anilines is 1. The summed E-state index contributed by atoms with van der Waals surface area (Å²) in [6.07, 6.45) is 1.99. The minimum atomic E-state index is -0.151. The van der Waals surface area contributed by atoms with Gasteiger partial charge in [-0.15, -0.1) is 4.57 Å². The topological polar surface area (TPSA) is 50.0 Å². The number of benzene rings is 2. The molecule has 1 aliphatic rings. The van der Waals surface area contributed by atoms with Gasteiger partial charge in [0.1, 0.15) is 11.3 Å². The molecule has 1 N–H and O–H groups in total. The summed E-state index contributed by atoms with van der Waals surface area (Å²) >= 11 is 8.80. The highest BCUT2D eigenvalue weighted by atomic mass is 35.5. The Bertz CT molecular complexity index is 1040. The van der Waals surface area contributed by atoms with Crippen LogP contribution < -0.4 is 9.88 Å². The van der Waals surface area contributed by atoms with Gasteiger partial charge >= 0.3 is 10.2 Å². The maximum atomic E-state index is 12.8. The second-order valence-corrected chi connectivity index (χ2v) is 8.47. The number of thioether (sulfide) groups is 1. The number of rotatable bonds is 4. The number of halogens is 1. The van der Waals surface area contributed by atoms with E-state index in [0.717, 1.165) is 15.6 Å². The molecule has 1 aromatic heterocycles. The van der Waals surface area contributed by atoms with Crippen molar-refractivity contribution in [3.63, 3.8) is 0 Å². The van der Waals surface area contributed by atoms with E-state index in [9.17, 15) is 9.59 Å². The Morgan fingerprint density at radius 2 is 1.85 bits per heavy atom. The highest BCUT2D eigenvalue weighted by molar-refractivity contribution is 8.05. The van der Waals surface area contributed by atoms with E-state index in [-0.39, 0.29) is 18.2 Å². The molecule has 1 aliphatic heterocycles. The van der Waals surface area contributed by atoms with Gasteiger partial charge in [-0.05, 0) is 35.9 Å². The number of carbonyl (C=O) groups is 2. The van der Waals surface area contributed by atoms with Gasteiger partial charge in [-0.1, -0.05) is 53.3 Å². The summed E-state index contributed by atoms with van der Waals surface area (Å²) in [5.41, 5.74) is 2.35. The summed E-state index contributed by atoms with van der Waals surface area (Å²) in [4.78, 5) is 25.8. The third-order valence-electron chi connectivity index (χ3n) is 3.94. The summed E-state index contributed by atoms with van der Waals surface area (Å²) in [7, 11) is 0. The number of para-hydroxylation sites is 1. The molecule has 3 aromatic rings. The van der Waals surface area contributed by atoms with Crippen molar-refractivity contribution in [1.29, 1.82) is 0 Å². The predicted molar refractivity (Wildman–Crippen MR) is 109 cm³/mol. The zero-order valence-electron chi connectivity index (χ0n) is 14.0. The van der Waals surface area contributed by atoms with Gasteiger partial charge in [0.15, 0.2) is 0 Å². The number of amides is 1. The van der Waals surface area contributed by atoms with Gasteiger partial charge in [-0.25, -0.2) is 4.79 Å². The molecule has 4 nitrogen and oxygen atoms in total. The minimum absolute atomic E-state index is 0.103. The molecule has 2 heterocycles. The fourth-order valence-electron chi connectivity index (χ4n) is 2.69. The van der Waals surface area contributed by atoms with E-state index in [1.165, 1.54) is 23.1 Å². The molecule has 1 amide bonds. The molecule has 2 aromatic carbocycles. The number of allylic oxidation sites excluding steroid dienone is 1. The highest BCUT2D eigenvalue weighted by Crippen LogP contribution is 2.35. The van der Waals surface area contributed by atoms with Gasteiger partial charge in [0.25, 0.3) is 0 Å². The number of carbonyl (C=O) groups excluding carboxylic acids is 2. The normalized spacial score (nSPS) is 14.4. The lowest BCUT2D eigenvalue weighted by atomic mass is 10.2. The molecule has 0 saturated heterocycles. The quantitative estimate of drug-likeness (QED) is 0.500. The lowest BCUT2D eigenvalue weighted by Crippen LogP contribution is -2.43. The molecule has 0 aliphatic carbocycles. The van der Waals surface area contributed by atoms with Crippen molar-refractivity contribution in [3.05, 3.63) is 81.2 Å². The molecule has 0 spiro atoms. The fourth-order valence-corrected chi connectivity index (χ4v) is 5.00. The van der Waals surface area contributed by atoms with Crippen molar-refractivity contribution in [2.45, 2.75) is 10.8 Å². The summed E-state index contributed by atoms with van der Waals surface area (Å²) < 4.78 is 2.49. The Labute approximate surface area is 169 Å². The smallest absolute Gasteiger partial charge is 0.326 e. The van der Waals surface area contributed by atoms with Crippen molar-refractivity contribution in [3.8, 4) is 0 Å². The average molecular weight is 414 g/mol. The third-order valence-corrected chi connectivity index (χ3v) is 6.38. The molecule has 0 saturated carbocycles. The summed E-state index contributed by atoms with van der Waals surface area (Å²) in [6, 6.07) is 16.6. The first-order chi connectivity index (χ1) is 13.1. The maximum absolute atomic E-state index is 12.8. The lowest BCUT2D eigenvalue weighted by molar-refractivity contribution is -0.607. The van der Waals surface area contributed by atoms with Gasteiger partial charge in [0.2, 0.25) is 11.6 Å². The summed E-state index contributed by atoms with van der Waals surface area (Å²) in [6.45, 7) is 0. The van der Waals surface area contributed by atoms with Crippen LogP contribution in [0.3, 0.4) is 0 Å². The van der Waals surface area contributed by atoms with Crippen LogP contribution in [-0.2, 0) is 11.2 Å². The maximum Gasteiger partial charge on any atom is 0.433 e. The highest BCUT2D eigenvalue weighted by Gasteiger charge is 2.40. The molecule has 4 rings (SSSR count). The van der Waals surface area contributed by atoms with E-state index in [2.05, 4.69) is 5.32 Å². The van der Waals surface area contributed by atoms with Crippen molar-refractivity contribution >= 4 is 58.3 Å². The van der Waals surface area contributed by atoms with Gasteiger partial charge in [-0.3, -0.25) is 4.79 Å². The zero-order valence-corrected chi connectivity index (χ0v) is 16.4. The van der Waals surface area contributed by atoms with Crippen LogP contribution in [0.2, 0.25) is 5.02 Å². The van der Waals surface area contributed by atoms with E-state index in [1.807, 2.05) is 53.9 Å². The van der Waals surface area contributed by atoms with Crippen LogP contribution in [0.15, 0.2) is 69.2 Å². The van der Waals surface area contributed by atoms with E-state index in [1.54, 1.807) is 16.7 Å². The fraction of sp³-hybridized carbons (Fsp3) is 0.0500. The largest absolute Gasteiger partial charge is 0.433 e. The number of hydrogen-bond donors (Lipinski definition) is 1. The molecule has 0 fully saturated rings. The Kier molecular flexibility index (Phi) is 5.11. The number of nitrogens with one attached hydrogen (secondary N) is 1. The van der Waals surface area contributed by atoms with Crippen LogP contribution in [0.25, 0.3) is 6.08 Å². The van der Waals surface area contributed by atoms with E-state index < -0.39 is 0 Å². The van der Waals surface area contributed by atoms with Crippen LogP contribution in [0.4, 0.5) is 5.69 Å². The Morgan fingerprint density at radius 1 is 1.11 bits per heavy atom. The van der Waals surface area contributed by atoms with E-state index in [0.29, 0.717) is 15.6 Å². The first-order valence-corrected chi connectivity index (χ1v) is 10.2. The standard InChI is InChI=1S/C20H13ClN2O2S2/c21-14-8-6-13(7-9-14)10-17-19(25)23-16(12-26-20(23)27-17)11-18(24)22-15-4-2-1-3-5-15/h1-10,12H,11H2/p+1/b17-10+. The third kappa shape index (κ3) is 3.98. The number of aromatic nitrogens is 1. The second kappa shape index (κ2) is 7.68. The molecular weight excluding hydrogens is 400 g/mol. The second-order valence-electron chi connectivity index (χ2n) is 5.89. The Hall–Kier alpha value is -2.41. The van der Waals surface area contributed by atoms with Gasteiger partial charge in [0.05, 0.1) is 5.38 Å². The number of hydrogen-bond acceptors (Lipinski definition) is 4. The van der Waals surface area contributed by atoms with E-state index in [4.69, 9.17) is 11.6 Å². The molecule has 0 radical (unpaired) electrons. The van der Waals surface area contributed by atoms with Gasteiger partial charge < -0.3 is 5.32 Å². The molecular formula is C20H14ClN2O2S2+. The molecule has 134 valence electrons. The molecule has 27 heavy (non-hydrogen) atoms. The van der Waals surface area contributed by atoms with Crippen LogP contribution in [0, 0.1) is 0 Å². The van der Waals surface area contributed by atoms with Crippen molar-refractivity contribution in [2.75, 3.05) is 5.32 Å². The SMILES string of the molecule is O=C(Cc1csc2[n+]1C(=O)/C(=C\c1ccc(Cl)cc1)S2)Nc1ccccc1. The van der Waals surface area contributed by atoms with Crippen molar-refractivity contribution in [2.24, 2.45) is 0 Å². The van der Waals surface area contributed by atoms with Crippen molar-refractivity contribution < 1.29 is 14.2 Å². The first kappa shape index (κ1) is 18.0. The van der Waals surface area contributed by atoms with Crippen LogP contribution >= 0.6 is 34.7 Å². The number of fused-ring (bicyclic) bond motifs is 1. The van der Waals surface area contributed by atoms with Crippen LogP contribution in [0.5, 0.6) is 0 Å². The Balaban J connectivity index is 1.51. The molecule has 0 unspecified atom stereocenters. The first-order valence-electron chi connectivity index (χ1n) is 8.17. The Morgan fingerprint density at radius 3 is 2.59 bits per heavy atom. The monoisotopic (exact) mass is 413 g/mol. The van der Waals surface area contributed by atoms with E-state index >= 15 is 0 Å². The van der Waals surface area contributed by atoms with Crippen LogP contribution in [-0.4, -0.2) is 11.8 Å². The zero-order chi connectivity index (χ0) is 18.8. The summed E-state index contributed by atoms with van der Waals surface area (Å²) in [5.74, 6) is -0.254. The average Bonchev–Trinajstić information content (AvgIpc) is 3.18. The van der Waals surface area contributed by atoms with Gasteiger partial charge in [0, 0.05) is 22.5 Å². The predicted octanol–water partition coefficient (Wildman–Crippen LogP) is 4.66. The summed E-state index contributed by atoms with van der Waals surface area (Å²) in [5, 5.41) is 5.37.